The van der Waals surface area contributed by atoms with Crippen LogP contribution in [0.2, 0.25) is 0 Å². The fourth-order valence-corrected chi connectivity index (χ4v) is 5.15. The molecule has 5 unspecified atom stereocenters. The van der Waals surface area contributed by atoms with Crippen LogP contribution in [0.15, 0.2) is 30.3 Å². The number of rotatable bonds is 1. The minimum absolute atomic E-state index is 0.908. The average molecular weight is 212 g/mol. The minimum atomic E-state index is 0.908. The Labute approximate surface area is 98.1 Å². The van der Waals surface area contributed by atoms with Crippen molar-refractivity contribution in [2.75, 3.05) is 0 Å². The zero-order valence-corrected chi connectivity index (χ0v) is 9.81. The van der Waals surface area contributed by atoms with Crippen molar-refractivity contribution in [1.82, 2.24) is 0 Å². The van der Waals surface area contributed by atoms with E-state index in [1.807, 2.05) is 0 Å². The molecule has 1 aromatic rings. The topological polar surface area (TPSA) is 0 Å². The molecule has 3 aliphatic rings. The molecule has 16 heavy (non-hydrogen) atoms. The predicted octanol–water partition coefficient (Wildman–Crippen LogP) is 4.23. The summed E-state index contributed by atoms with van der Waals surface area (Å²) in [6, 6.07) is 11.3. The summed E-state index contributed by atoms with van der Waals surface area (Å²) in [5.74, 6) is 5.27. The molecule has 0 nitrogen and oxygen atoms in total. The lowest BCUT2D eigenvalue weighted by Crippen LogP contribution is -2.22. The second-order valence-electron chi connectivity index (χ2n) is 6.17. The molecule has 0 saturated heterocycles. The van der Waals surface area contributed by atoms with E-state index in [1.54, 1.807) is 18.4 Å². The Hall–Kier alpha value is -0.780. The van der Waals surface area contributed by atoms with Gasteiger partial charge in [0.15, 0.2) is 0 Å². The van der Waals surface area contributed by atoms with Gasteiger partial charge in [0.2, 0.25) is 0 Å². The molecule has 84 valence electrons. The lowest BCUT2D eigenvalue weighted by Gasteiger charge is -2.31. The zero-order chi connectivity index (χ0) is 10.5. The van der Waals surface area contributed by atoms with Crippen molar-refractivity contribution in [3.8, 4) is 0 Å². The normalized spacial score (nSPS) is 44.9. The molecule has 2 bridgehead atoms. The second kappa shape index (κ2) is 3.35. The average Bonchev–Trinajstić information content (AvgIpc) is 3.02. The van der Waals surface area contributed by atoms with Crippen molar-refractivity contribution in [1.29, 1.82) is 0 Å². The molecule has 0 N–H and O–H groups in total. The Morgan fingerprint density at radius 3 is 2.50 bits per heavy atom. The van der Waals surface area contributed by atoms with E-state index < -0.39 is 0 Å². The molecular formula is C16H20. The quantitative estimate of drug-likeness (QED) is 0.653. The summed E-state index contributed by atoms with van der Waals surface area (Å²) in [6.45, 7) is 0. The van der Waals surface area contributed by atoms with Crippen LogP contribution in [0.3, 0.4) is 0 Å². The summed E-state index contributed by atoms with van der Waals surface area (Å²) >= 11 is 0. The molecule has 0 heterocycles. The third kappa shape index (κ3) is 1.16. The summed E-state index contributed by atoms with van der Waals surface area (Å²) in [5.41, 5.74) is 1.63. The maximum absolute atomic E-state index is 2.36. The molecule has 0 heteroatoms. The Balaban J connectivity index is 1.65. The van der Waals surface area contributed by atoms with Crippen LogP contribution in [0, 0.1) is 23.7 Å². The van der Waals surface area contributed by atoms with Gasteiger partial charge in [0.1, 0.15) is 0 Å². The van der Waals surface area contributed by atoms with E-state index in [0.29, 0.717) is 0 Å². The van der Waals surface area contributed by atoms with Crippen LogP contribution in [0.25, 0.3) is 0 Å². The van der Waals surface area contributed by atoms with E-state index in [1.165, 1.54) is 19.3 Å². The van der Waals surface area contributed by atoms with Crippen molar-refractivity contribution in [3.63, 3.8) is 0 Å². The van der Waals surface area contributed by atoms with Gasteiger partial charge in [0.05, 0.1) is 0 Å². The molecule has 3 aliphatic carbocycles. The van der Waals surface area contributed by atoms with Gasteiger partial charge in [-0.3, -0.25) is 0 Å². The SMILES string of the molecule is c1ccc(C2CC3CC2C2CCCC32)cc1. The van der Waals surface area contributed by atoms with Crippen molar-refractivity contribution in [2.24, 2.45) is 23.7 Å². The summed E-state index contributed by atoms with van der Waals surface area (Å²) in [6.07, 6.45) is 7.65. The van der Waals surface area contributed by atoms with Crippen LogP contribution in [-0.4, -0.2) is 0 Å². The van der Waals surface area contributed by atoms with E-state index in [9.17, 15) is 0 Å². The molecule has 0 radical (unpaired) electrons. The van der Waals surface area contributed by atoms with Crippen molar-refractivity contribution in [2.45, 2.75) is 38.0 Å². The van der Waals surface area contributed by atoms with Gasteiger partial charge >= 0.3 is 0 Å². The lowest BCUT2D eigenvalue weighted by atomic mass is 9.73. The van der Waals surface area contributed by atoms with Crippen LogP contribution in [0.5, 0.6) is 0 Å². The highest BCUT2D eigenvalue weighted by Crippen LogP contribution is 2.63. The van der Waals surface area contributed by atoms with Crippen LogP contribution >= 0.6 is 0 Å². The molecule has 0 spiro atoms. The lowest BCUT2D eigenvalue weighted by molar-refractivity contribution is 0.232. The highest BCUT2D eigenvalue weighted by molar-refractivity contribution is 5.24. The van der Waals surface area contributed by atoms with Crippen molar-refractivity contribution in [3.05, 3.63) is 35.9 Å². The molecule has 3 fully saturated rings. The Bertz CT molecular complexity index is 380. The third-order valence-corrected chi connectivity index (χ3v) is 5.66. The first-order valence-corrected chi connectivity index (χ1v) is 6.98. The fraction of sp³-hybridized carbons (Fsp3) is 0.625. The number of benzene rings is 1. The first-order chi connectivity index (χ1) is 7.93. The highest BCUT2D eigenvalue weighted by Gasteiger charge is 2.53. The maximum Gasteiger partial charge on any atom is -0.0128 e. The smallest absolute Gasteiger partial charge is 0.0128 e. The Kier molecular flexibility index (Phi) is 1.94. The van der Waals surface area contributed by atoms with Gasteiger partial charge < -0.3 is 0 Å². The first kappa shape index (κ1) is 9.27. The summed E-state index contributed by atoms with van der Waals surface area (Å²) in [4.78, 5) is 0. The van der Waals surface area contributed by atoms with Crippen LogP contribution in [0.1, 0.15) is 43.6 Å². The molecule has 0 amide bonds. The summed E-state index contributed by atoms with van der Waals surface area (Å²) in [5, 5.41) is 0. The van der Waals surface area contributed by atoms with E-state index in [0.717, 1.165) is 29.6 Å². The number of hydrogen-bond donors (Lipinski definition) is 0. The van der Waals surface area contributed by atoms with E-state index >= 15 is 0 Å². The largest absolute Gasteiger partial charge is 0.0622 e. The van der Waals surface area contributed by atoms with Gasteiger partial charge in [-0.2, -0.15) is 0 Å². The third-order valence-electron chi connectivity index (χ3n) is 5.66. The molecule has 5 atom stereocenters. The monoisotopic (exact) mass is 212 g/mol. The van der Waals surface area contributed by atoms with Crippen molar-refractivity contribution >= 4 is 0 Å². The van der Waals surface area contributed by atoms with E-state index in [4.69, 9.17) is 0 Å². The maximum atomic E-state index is 2.36. The van der Waals surface area contributed by atoms with Crippen LogP contribution in [0.4, 0.5) is 0 Å². The van der Waals surface area contributed by atoms with Crippen LogP contribution < -0.4 is 0 Å². The number of hydrogen-bond acceptors (Lipinski definition) is 0. The van der Waals surface area contributed by atoms with Gasteiger partial charge in [-0.1, -0.05) is 36.8 Å². The van der Waals surface area contributed by atoms with Gasteiger partial charge in [0, 0.05) is 0 Å². The molecule has 0 aromatic heterocycles. The van der Waals surface area contributed by atoms with E-state index in [-0.39, 0.29) is 0 Å². The van der Waals surface area contributed by atoms with Gasteiger partial charge in [-0.25, -0.2) is 0 Å². The highest BCUT2D eigenvalue weighted by atomic mass is 14.6. The first-order valence-electron chi connectivity index (χ1n) is 6.98. The molecule has 0 aliphatic heterocycles. The van der Waals surface area contributed by atoms with Crippen molar-refractivity contribution < 1.29 is 0 Å². The summed E-state index contributed by atoms with van der Waals surface area (Å²) < 4.78 is 0. The second-order valence-corrected chi connectivity index (χ2v) is 6.17. The minimum Gasteiger partial charge on any atom is -0.0622 e. The molecule has 3 saturated carbocycles. The molecule has 4 rings (SSSR count). The van der Waals surface area contributed by atoms with Gasteiger partial charge in [0.25, 0.3) is 0 Å². The Morgan fingerprint density at radius 1 is 0.812 bits per heavy atom. The standard InChI is InChI=1S/C16H20/c1-2-5-11(6-3-1)15-9-12-10-16(15)14-8-4-7-13(12)14/h1-3,5-6,12-16H,4,7-10H2. The number of fused-ring (bicyclic) bond motifs is 5. The molecular weight excluding hydrogens is 192 g/mol. The zero-order valence-electron chi connectivity index (χ0n) is 9.81. The predicted molar refractivity (Wildman–Crippen MR) is 66.2 cm³/mol. The van der Waals surface area contributed by atoms with Gasteiger partial charge in [-0.15, -0.1) is 0 Å². The summed E-state index contributed by atoms with van der Waals surface area (Å²) in [7, 11) is 0. The fourth-order valence-electron chi connectivity index (χ4n) is 5.15. The Morgan fingerprint density at radius 2 is 1.62 bits per heavy atom. The molecule has 1 aromatic carbocycles. The van der Waals surface area contributed by atoms with Gasteiger partial charge in [-0.05, 0) is 60.8 Å². The van der Waals surface area contributed by atoms with E-state index in [2.05, 4.69) is 30.3 Å². The van der Waals surface area contributed by atoms with Crippen LogP contribution in [-0.2, 0) is 0 Å².